The van der Waals surface area contributed by atoms with E-state index in [1.807, 2.05) is 48.5 Å². The minimum Gasteiger partial charge on any atom is -0.285 e. The van der Waals surface area contributed by atoms with Gasteiger partial charge in [0.05, 0.1) is 6.20 Å². The number of H-pyrrole nitrogens is 1. The molecule has 1 N–H and O–H groups in total. The van der Waals surface area contributed by atoms with Crippen LogP contribution < -0.4 is 5.69 Å². The molecule has 5 nitrogen and oxygen atoms in total. The zero-order chi connectivity index (χ0) is 18.1. The Labute approximate surface area is 170 Å². The Morgan fingerprint density at radius 2 is 1.65 bits per heavy atom. The molecule has 0 spiro atoms. The fraction of sp³-hybridized carbons (Fsp3) is 0.0556. The zero-order valence-electron chi connectivity index (χ0n) is 13.3. The highest BCUT2D eigenvalue weighted by Crippen LogP contribution is 2.26. The van der Waals surface area contributed by atoms with E-state index in [4.69, 9.17) is 0 Å². The third kappa shape index (κ3) is 3.62. The van der Waals surface area contributed by atoms with Crippen LogP contribution in [-0.4, -0.2) is 19.6 Å². The van der Waals surface area contributed by atoms with E-state index in [9.17, 15) is 4.79 Å². The molecule has 0 aliphatic carbocycles. The number of aromatic nitrogens is 4. The van der Waals surface area contributed by atoms with Crippen LogP contribution in [0.25, 0.3) is 16.8 Å². The lowest BCUT2D eigenvalue weighted by atomic mass is 10.1. The van der Waals surface area contributed by atoms with Gasteiger partial charge in [0, 0.05) is 20.3 Å². The summed E-state index contributed by atoms with van der Waals surface area (Å²) in [5.41, 5.74) is 3.20. The molecule has 0 saturated carbocycles. The number of benzene rings is 2. The van der Waals surface area contributed by atoms with Gasteiger partial charge in [-0.1, -0.05) is 67.9 Å². The minimum atomic E-state index is -0.295. The highest BCUT2D eigenvalue weighted by molar-refractivity contribution is 9.10. The van der Waals surface area contributed by atoms with Crippen LogP contribution in [0.4, 0.5) is 0 Å². The molecule has 4 rings (SSSR count). The van der Waals surface area contributed by atoms with Crippen LogP contribution in [0.15, 0.2) is 73.6 Å². The van der Waals surface area contributed by atoms with E-state index in [1.165, 1.54) is 16.3 Å². The summed E-state index contributed by atoms with van der Waals surface area (Å²) in [5.74, 6) is 0.716. The number of fused-ring (bicyclic) bond motifs is 1. The first-order valence-corrected chi connectivity index (χ1v) is 10.3. The van der Waals surface area contributed by atoms with Crippen LogP contribution in [0.5, 0.6) is 0 Å². The molecule has 0 bridgehead atoms. The molecule has 0 fully saturated rings. The normalized spacial score (nSPS) is 11.2. The molecule has 0 aliphatic heterocycles. The van der Waals surface area contributed by atoms with Gasteiger partial charge >= 0.3 is 5.69 Å². The van der Waals surface area contributed by atoms with Crippen LogP contribution in [0.2, 0.25) is 0 Å². The van der Waals surface area contributed by atoms with Crippen molar-refractivity contribution in [2.45, 2.75) is 10.9 Å². The van der Waals surface area contributed by atoms with Crippen molar-refractivity contribution in [1.82, 2.24) is 19.6 Å². The Balaban J connectivity index is 1.68. The van der Waals surface area contributed by atoms with Gasteiger partial charge in [-0.3, -0.25) is 4.98 Å². The van der Waals surface area contributed by atoms with Crippen LogP contribution in [-0.2, 0) is 5.75 Å². The van der Waals surface area contributed by atoms with Crippen molar-refractivity contribution in [3.8, 4) is 11.1 Å². The molecule has 0 amide bonds. The van der Waals surface area contributed by atoms with Gasteiger partial charge in [0.2, 0.25) is 0 Å². The second-order valence-electron chi connectivity index (χ2n) is 5.56. The second kappa shape index (κ2) is 7.38. The first kappa shape index (κ1) is 17.5. The lowest BCUT2D eigenvalue weighted by Crippen LogP contribution is -2.19. The van der Waals surface area contributed by atoms with E-state index in [-0.39, 0.29) is 5.69 Å². The summed E-state index contributed by atoms with van der Waals surface area (Å²) in [6.07, 6.45) is 1.67. The lowest BCUT2D eigenvalue weighted by molar-refractivity contribution is 0.786. The summed E-state index contributed by atoms with van der Waals surface area (Å²) < 4.78 is 3.33. The molecule has 26 heavy (non-hydrogen) atoms. The third-order valence-electron chi connectivity index (χ3n) is 3.80. The molecule has 0 radical (unpaired) electrons. The van der Waals surface area contributed by atoms with Crippen LogP contribution >= 0.6 is 43.6 Å². The Morgan fingerprint density at radius 3 is 2.35 bits per heavy atom. The summed E-state index contributed by atoms with van der Waals surface area (Å²) >= 11 is 8.35. The standard InChI is InChI=1S/C18H12Br2N4OS/c19-13-5-1-11(2-6-13)10-26-17-22-16-15(9-21-24(16)18(25)23-17)12-3-7-14(20)8-4-12/h1-9H,10H2,(H,22,23,25). The number of halogens is 2. The van der Waals surface area contributed by atoms with Gasteiger partial charge in [0.15, 0.2) is 10.8 Å². The Morgan fingerprint density at radius 1 is 1.00 bits per heavy atom. The highest BCUT2D eigenvalue weighted by Gasteiger charge is 2.12. The maximum absolute atomic E-state index is 12.3. The van der Waals surface area contributed by atoms with Gasteiger partial charge in [-0.15, -0.1) is 0 Å². The van der Waals surface area contributed by atoms with Gasteiger partial charge < -0.3 is 0 Å². The molecule has 0 aliphatic rings. The van der Waals surface area contributed by atoms with Crippen molar-refractivity contribution in [2.24, 2.45) is 0 Å². The van der Waals surface area contributed by atoms with E-state index in [0.29, 0.717) is 16.6 Å². The van der Waals surface area contributed by atoms with Gasteiger partial charge in [0.25, 0.3) is 0 Å². The third-order valence-corrected chi connectivity index (χ3v) is 5.80. The van der Waals surface area contributed by atoms with E-state index in [2.05, 4.69) is 46.9 Å². The van der Waals surface area contributed by atoms with Crippen molar-refractivity contribution in [3.63, 3.8) is 0 Å². The summed E-state index contributed by atoms with van der Waals surface area (Å²) in [7, 11) is 0. The van der Waals surface area contributed by atoms with Crippen molar-refractivity contribution in [3.05, 3.63) is 79.7 Å². The molecule has 0 saturated heterocycles. The fourth-order valence-electron chi connectivity index (χ4n) is 2.50. The molecule has 2 heterocycles. The van der Waals surface area contributed by atoms with Crippen molar-refractivity contribution < 1.29 is 0 Å². The van der Waals surface area contributed by atoms with Gasteiger partial charge in [-0.2, -0.15) is 9.61 Å². The van der Waals surface area contributed by atoms with Gasteiger partial charge in [-0.05, 0) is 35.4 Å². The predicted octanol–water partition coefficient (Wildman–Crippen LogP) is 4.90. The number of aromatic amines is 1. The Bertz CT molecular complexity index is 1120. The topological polar surface area (TPSA) is 63.0 Å². The molecule has 130 valence electrons. The highest BCUT2D eigenvalue weighted by atomic mass is 79.9. The molecule has 2 aromatic carbocycles. The smallest absolute Gasteiger partial charge is 0.285 e. The quantitative estimate of drug-likeness (QED) is 0.412. The molecular formula is C18H12Br2N4OS. The van der Waals surface area contributed by atoms with E-state index in [1.54, 1.807) is 6.20 Å². The molecule has 2 aromatic heterocycles. The average Bonchev–Trinajstić information content (AvgIpc) is 3.06. The molecular weight excluding hydrogens is 480 g/mol. The number of thioether (sulfide) groups is 1. The van der Waals surface area contributed by atoms with Gasteiger partial charge in [-0.25, -0.2) is 9.78 Å². The first-order chi connectivity index (χ1) is 12.6. The molecule has 0 atom stereocenters. The summed E-state index contributed by atoms with van der Waals surface area (Å²) in [5, 5.41) is 4.74. The van der Waals surface area contributed by atoms with E-state index in [0.717, 1.165) is 25.6 Å². The first-order valence-electron chi connectivity index (χ1n) is 7.71. The number of nitrogens with zero attached hydrogens (tertiary/aromatic N) is 3. The molecule has 4 aromatic rings. The fourth-order valence-corrected chi connectivity index (χ4v) is 3.84. The monoisotopic (exact) mass is 490 g/mol. The molecule has 0 unspecified atom stereocenters. The predicted molar refractivity (Wildman–Crippen MR) is 110 cm³/mol. The molecule has 8 heteroatoms. The van der Waals surface area contributed by atoms with E-state index >= 15 is 0 Å². The number of hydrogen-bond donors (Lipinski definition) is 1. The minimum absolute atomic E-state index is 0.295. The lowest BCUT2D eigenvalue weighted by Gasteiger charge is -2.04. The second-order valence-corrected chi connectivity index (χ2v) is 8.36. The number of hydrogen-bond acceptors (Lipinski definition) is 4. The van der Waals surface area contributed by atoms with Gasteiger partial charge in [0.1, 0.15) is 0 Å². The summed E-state index contributed by atoms with van der Waals surface area (Å²) in [4.78, 5) is 19.7. The average molecular weight is 492 g/mol. The maximum Gasteiger partial charge on any atom is 0.350 e. The summed E-state index contributed by atoms with van der Waals surface area (Å²) in [6.45, 7) is 0. The largest absolute Gasteiger partial charge is 0.350 e. The van der Waals surface area contributed by atoms with Crippen molar-refractivity contribution in [2.75, 3.05) is 0 Å². The van der Waals surface area contributed by atoms with Crippen molar-refractivity contribution >= 4 is 49.3 Å². The van der Waals surface area contributed by atoms with Crippen LogP contribution in [0.1, 0.15) is 5.56 Å². The van der Waals surface area contributed by atoms with E-state index < -0.39 is 0 Å². The van der Waals surface area contributed by atoms with Crippen molar-refractivity contribution in [1.29, 1.82) is 0 Å². The maximum atomic E-state index is 12.3. The summed E-state index contributed by atoms with van der Waals surface area (Å²) in [6, 6.07) is 15.9. The Hall–Kier alpha value is -1.90. The Kier molecular flexibility index (Phi) is 4.97. The van der Waals surface area contributed by atoms with Crippen LogP contribution in [0.3, 0.4) is 0 Å². The number of nitrogens with one attached hydrogen (secondary N) is 1. The zero-order valence-corrected chi connectivity index (χ0v) is 17.3. The number of rotatable bonds is 4. The van der Waals surface area contributed by atoms with Crippen LogP contribution in [0, 0.1) is 0 Å². The SMILES string of the molecule is O=c1[nH]c(SCc2ccc(Br)cc2)nc2c(-c3ccc(Br)cc3)cnn12.